The molecular weight excluding hydrogens is 540 g/mol. The molecule has 7 rings (SSSR count). The van der Waals surface area contributed by atoms with Crippen LogP contribution in [0, 0.1) is 0 Å². The lowest BCUT2D eigenvalue weighted by atomic mass is 9.85. The van der Waals surface area contributed by atoms with Gasteiger partial charge in [-0.1, -0.05) is 53.8 Å². The van der Waals surface area contributed by atoms with E-state index >= 15 is 0 Å². The number of ether oxygens (including phenoxy) is 1. The molecule has 0 saturated carbocycles. The molecule has 0 spiro atoms. The molecule has 0 saturated heterocycles. The van der Waals surface area contributed by atoms with Gasteiger partial charge in [-0.3, -0.25) is 9.36 Å². The number of allylic oxidation sites excluding steroid dienone is 1. The smallest absolute Gasteiger partial charge is 0.338 e. The van der Waals surface area contributed by atoms with Gasteiger partial charge in [0.15, 0.2) is 4.80 Å². The third kappa shape index (κ3) is 4.20. The molecule has 0 unspecified atom stereocenters. The van der Waals surface area contributed by atoms with Gasteiger partial charge in [0.2, 0.25) is 0 Å². The maximum absolute atomic E-state index is 13.9. The number of thiophene rings is 1. The van der Waals surface area contributed by atoms with Crippen LogP contribution in [0.4, 0.5) is 0 Å². The van der Waals surface area contributed by atoms with Crippen molar-refractivity contribution in [3.63, 3.8) is 0 Å². The number of furan rings is 1. The highest BCUT2D eigenvalue weighted by Crippen LogP contribution is 2.42. The van der Waals surface area contributed by atoms with Gasteiger partial charge < -0.3 is 9.15 Å². The molecule has 1 aliphatic heterocycles. The summed E-state index contributed by atoms with van der Waals surface area (Å²) in [6.45, 7) is 2.11. The summed E-state index contributed by atoms with van der Waals surface area (Å²) in [6.07, 6.45) is 3.61. The van der Waals surface area contributed by atoms with Gasteiger partial charge in [-0.05, 0) is 66.6 Å². The normalized spacial score (nSPS) is 16.2. The Hall–Kier alpha value is -4.27. The lowest BCUT2D eigenvalue weighted by molar-refractivity contribution is 0.0526. The van der Waals surface area contributed by atoms with Crippen molar-refractivity contribution < 1.29 is 13.9 Å². The van der Waals surface area contributed by atoms with Crippen LogP contribution in [0.1, 0.15) is 51.5 Å². The summed E-state index contributed by atoms with van der Waals surface area (Å²) in [4.78, 5) is 32.7. The van der Waals surface area contributed by atoms with E-state index in [0.717, 1.165) is 34.5 Å². The van der Waals surface area contributed by atoms with Crippen LogP contribution in [-0.4, -0.2) is 17.1 Å². The number of carbonyl (C=O) groups is 1. The van der Waals surface area contributed by atoms with Gasteiger partial charge in [0.25, 0.3) is 5.56 Å². The van der Waals surface area contributed by atoms with E-state index in [0.29, 0.717) is 33.0 Å². The summed E-state index contributed by atoms with van der Waals surface area (Å²) >= 11 is 3.06. The lowest BCUT2D eigenvalue weighted by Crippen LogP contribution is -2.38. The molecule has 2 aliphatic rings. The average molecular weight is 565 g/mol. The second kappa shape index (κ2) is 10.0. The largest absolute Gasteiger partial charge is 0.462 e. The minimum absolute atomic E-state index is 0.0655. The van der Waals surface area contributed by atoms with Gasteiger partial charge in [0, 0.05) is 22.1 Å². The minimum Gasteiger partial charge on any atom is -0.462 e. The fraction of sp³-hybridized carbons (Fsp3) is 0.156. The van der Waals surface area contributed by atoms with Crippen molar-refractivity contribution in [1.29, 1.82) is 0 Å². The molecule has 1 aliphatic carbocycles. The number of rotatable bonds is 5. The number of aromatic nitrogens is 1. The zero-order valence-corrected chi connectivity index (χ0v) is 23.3. The van der Waals surface area contributed by atoms with Crippen molar-refractivity contribution in [1.82, 2.24) is 4.57 Å². The summed E-state index contributed by atoms with van der Waals surface area (Å²) < 4.78 is 13.6. The second-order valence-electron chi connectivity index (χ2n) is 9.63. The third-order valence-electron chi connectivity index (χ3n) is 7.27. The van der Waals surface area contributed by atoms with Crippen LogP contribution in [0.15, 0.2) is 98.0 Å². The van der Waals surface area contributed by atoms with Crippen LogP contribution in [0.5, 0.6) is 0 Å². The predicted octanol–water partition coefficient (Wildman–Crippen LogP) is 5.82. The van der Waals surface area contributed by atoms with Gasteiger partial charge in [-0.25, -0.2) is 9.79 Å². The highest BCUT2D eigenvalue weighted by molar-refractivity contribution is 7.10. The van der Waals surface area contributed by atoms with E-state index < -0.39 is 0 Å². The van der Waals surface area contributed by atoms with Crippen molar-refractivity contribution in [2.24, 2.45) is 4.99 Å². The highest BCUT2D eigenvalue weighted by Gasteiger charge is 2.33. The first kappa shape index (κ1) is 24.7. The maximum Gasteiger partial charge on any atom is 0.338 e. The Morgan fingerprint density at radius 1 is 1.07 bits per heavy atom. The number of benzene rings is 2. The SMILES string of the molecule is CCOC(=O)c1ccc(-c2ccc(/C=c3/sc4n(c3=O)[C@H](c3cccs3)C3=C(N=4)c4ccccc4CC3)o2)cc1. The van der Waals surface area contributed by atoms with E-state index in [1.165, 1.54) is 22.5 Å². The number of esters is 1. The van der Waals surface area contributed by atoms with Crippen molar-refractivity contribution >= 4 is 40.4 Å². The predicted molar refractivity (Wildman–Crippen MR) is 157 cm³/mol. The fourth-order valence-corrected chi connectivity index (χ4v) is 7.25. The highest BCUT2D eigenvalue weighted by atomic mass is 32.1. The molecule has 3 aromatic heterocycles. The van der Waals surface area contributed by atoms with Crippen molar-refractivity contribution in [3.05, 3.63) is 131 Å². The van der Waals surface area contributed by atoms with Gasteiger partial charge in [0.1, 0.15) is 11.5 Å². The second-order valence-corrected chi connectivity index (χ2v) is 11.6. The zero-order valence-electron chi connectivity index (χ0n) is 21.6. The van der Waals surface area contributed by atoms with Gasteiger partial charge in [-0.2, -0.15) is 0 Å². The average Bonchev–Trinajstić information content (AvgIpc) is 3.74. The molecular formula is C32H24N2O4S2. The summed E-state index contributed by atoms with van der Waals surface area (Å²) in [5, 5.41) is 2.06. The third-order valence-corrected chi connectivity index (χ3v) is 9.17. The standard InChI is InChI=1S/C32H24N2O4S2/c1-2-37-31(36)21-11-9-20(10-12-21)25-16-14-22(38-25)18-27-30(35)34-29(26-8-5-17-39-26)24-15-13-19-6-3-4-7-23(19)28(24)33-32(34)40-27/h3-12,14,16-18,29H,2,13,15H2,1H3/b27-18+/t29-/m0/s1. The molecule has 2 aromatic carbocycles. The molecule has 0 radical (unpaired) electrons. The Bertz CT molecular complexity index is 1960. The zero-order chi connectivity index (χ0) is 27.2. The topological polar surface area (TPSA) is 73.8 Å². The Morgan fingerprint density at radius 3 is 2.73 bits per heavy atom. The van der Waals surface area contributed by atoms with Gasteiger partial charge >= 0.3 is 5.97 Å². The van der Waals surface area contributed by atoms with E-state index in [4.69, 9.17) is 14.1 Å². The molecule has 4 heterocycles. The number of fused-ring (bicyclic) bond motifs is 3. The molecule has 40 heavy (non-hydrogen) atoms. The Kier molecular flexibility index (Phi) is 6.21. The first-order valence-corrected chi connectivity index (χ1v) is 14.8. The summed E-state index contributed by atoms with van der Waals surface area (Å²) in [5.41, 5.74) is 5.91. The van der Waals surface area contributed by atoms with E-state index in [1.54, 1.807) is 36.5 Å². The Labute approximate surface area is 237 Å². The number of thiazole rings is 1. The molecule has 6 nitrogen and oxygen atoms in total. The van der Waals surface area contributed by atoms with Crippen molar-refractivity contribution in [2.75, 3.05) is 6.61 Å². The molecule has 198 valence electrons. The van der Waals surface area contributed by atoms with Crippen molar-refractivity contribution in [3.8, 4) is 11.3 Å². The molecule has 0 bridgehead atoms. The Morgan fingerprint density at radius 2 is 1.93 bits per heavy atom. The number of carbonyl (C=O) groups excluding carboxylic acids is 1. The summed E-state index contributed by atoms with van der Waals surface area (Å²) in [7, 11) is 0. The molecule has 1 atom stereocenters. The van der Waals surface area contributed by atoms with Crippen LogP contribution in [0.25, 0.3) is 23.1 Å². The Balaban J connectivity index is 1.29. The van der Waals surface area contributed by atoms with Gasteiger partial charge in [-0.15, -0.1) is 11.3 Å². The van der Waals surface area contributed by atoms with Crippen molar-refractivity contribution in [2.45, 2.75) is 25.8 Å². The number of hydrogen-bond acceptors (Lipinski definition) is 7. The van der Waals surface area contributed by atoms with Crippen LogP contribution in [-0.2, 0) is 11.2 Å². The van der Waals surface area contributed by atoms with E-state index in [-0.39, 0.29) is 17.6 Å². The molecule has 0 amide bonds. The number of aryl methyl sites for hydroxylation is 1. The molecule has 5 aromatic rings. The minimum atomic E-state index is -0.351. The van der Waals surface area contributed by atoms with Crippen LogP contribution >= 0.6 is 22.7 Å². The monoisotopic (exact) mass is 564 g/mol. The summed E-state index contributed by atoms with van der Waals surface area (Å²) in [5.74, 6) is 0.880. The fourth-order valence-electron chi connectivity index (χ4n) is 5.42. The lowest BCUT2D eigenvalue weighted by Gasteiger charge is -2.30. The maximum atomic E-state index is 13.9. The van der Waals surface area contributed by atoms with E-state index in [1.807, 2.05) is 34.9 Å². The van der Waals surface area contributed by atoms with Crippen LogP contribution in [0.3, 0.4) is 0 Å². The number of nitrogens with zero attached hydrogens (tertiary/aromatic N) is 2. The van der Waals surface area contributed by atoms with E-state index in [9.17, 15) is 9.59 Å². The molecule has 0 fully saturated rings. The van der Waals surface area contributed by atoms with Crippen LogP contribution in [0.2, 0.25) is 0 Å². The first-order valence-electron chi connectivity index (χ1n) is 13.1. The summed E-state index contributed by atoms with van der Waals surface area (Å²) in [6, 6.07) is 23.2. The molecule has 8 heteroatoms. The van der Waals surface area contributed by atoms with Gasteiger partial charge in [0.05, 0.1) is 28.4 Å². The number of hydrogen-bond donors (Lipinski definition) is 0. The van der Waals surface area contributed by atoms with Crippen LogP contribution < -0.4 is 14.9 Å². The quantitative estimate of drug-likeness (QED) is 0.252. The molecule has 0 N–H and O–H groups in total. The first-order chi connectivity index (χ1) is 19.6. The van der Waals surface area contributed by atoms with E-state index in [2.05, 4.69) is 35.7 Å².